The fraction of sp³-hybridized carbons (Fsp3) is 0.500. The first-order valence-electron chi connectivity index (χ1n) is 9.25. The van der Waals surface area contributed by atoms with Crippen molar-refractivity contribution in [3.63, 3.8) is 0 Å². The molecule has 5 heteroatoms. The van der Waals surface area contributed by atoms with Gasteiger partial charge in [-0.25, -0.2) is 9.78 Å². The summed E-state index contributed by atoms with van der Waals surface area (Å²) in [5, 5.41) is 3.06. The van der Waals surface area contributed by atoms with E-state index in [1.54, 1.807) is 6.20 Å². The van der Waals surface area contributed by atoms with E-state index < -0.39 is 0 Å². The molecular weight excluding hydrogens is 314 g/mol. The van der Waals surface area contributed by atoms with Crippen LogP contribution in [-0.4, -0.2) is 29.0 Å². The number of hydrogen-bond donors (Lipinski definition) is 1. The molecule has 1 N–H and O–H groups in total. The van der Waals surface area contributed by atoms with Crippen LogP contribution in [0, 0.1) is 11.8 Å². The maximum Gasteiger partial charge on any atom is 0.318 e. The highest BCUT2D eigenvalue weighted by Crippen LogP contribution is 2.34. The van der Waals surface area contributed by atoms with Crippen LogP contribution in [0.25, 0.3) is 11.3 Å². The first-order chi connectivity index (χ1) is 12.2. The molecule has 0 saturated heterocycles. The molecule has 2 aliphatic rings. The summed E-state index contributed by atoms with van der Waals surface area (Å²) in [6, 6.07) is 9.64. The van der Waals surface area contributed by atoms with Crippen LogP contribution in [0.3, 0.4) is 0 Å². The zero-order valence-corrected chi connectivity index (χ0v) is 14.6. The van der Waals surface area contributed by atoms with Crippen LogP contribution in [0.4, 0.5) is 4.79 Å². The largest absolute Gasteiger partial charge is 0.438 e. The van der Waals surface area contributed by atoms with Crippen molar-refractivity contribution in [1.82, 2.24) is 15.2 Å². The summed E-state index contributed by atoms with van der Waals surface area (Å²) >= 11 is 0. The maximum absolute atomic E-state index is 12.7. The Morgan fingerprint density at radius 1 is 1.20 bits per heavy atom. The molecule has 0 spiro atoms. The summed E-state index contributed by atoms with van der Waals surface area (Å²) in [5.74, 6) is 2.67. The Morgan fingerprint density at radius 2 is 1.84 bits per heavy atom. The zero-order valence-electron chi connectivity index (χ0n) is 14.6. The van der Waals surface area contributed by atoms with Crippen LogP contribution >= 0.6 is 0 Å². The Kier molecular flexibility index (Phi) is 4.47. The summed E-state index contributed by atoms with van der Waals surface area (Å²) in [4.78, 5) is 19.0. The molecule has 0 aliphatic heterocycles. The van der Waals surface area contributed by atoms with Crippen molar-refractivity contribution in [3.05, 3.63) is 42.4 Å². The molecule has 1 unspecified atom stereocenters. The van der Waals surface area contributed by atoms with Gasteiger partial charge in [-0.05, 0) is 44.4 Å². The van der Waals surface area contributed by atoms with Gasteiger partial charge in [-0.2, -0.15) is 0 Å². The Bertz CT molecular complexity index is 706. The Labute approximate surface area is 148 Å². The van der Waals surface area contributed by atoms with Crippen LogP contribution in [0.5, 0.6) is 0 Å². The van der Waals surface area contributed by atoms with E-state index in [1.165, 1.54) is 25.7 Å². The van der Waals surface area contributed by atoms with Gasteiger partial charge in [0.2, 0.25) is 5.89 Å². The number of aromatic nitrogens is 1. The number of carbonyl (C=O) groups excluding carboxylic acids is 1. The predicted octanol–water partition coefficient (Wildman–Crippen LogP) is 4.23. The van der Waals surface area contributed by atoms with Crippen LogP contribution in [-0.2, 0) is 0 Å². The number of oxazole rings is 1. The lowest BCUT2D eigenvalue weighted by Gasteiger charge is -2.24. The molecule has 1 aromatic carbocycles. The number of carbonyl (C=O) groups is 1. The van der Waals surface area contributed by atoms with Gasteiger partial charge in [0.15, 0.2) is 5.76 Å². The summed E-state index contributed by atoms with van der Waals surface area (Å²) in [5.41, 5.74) is 0.990. The highest BCUT2D eigenvalue weighted by Gasteiger charge is 2.32. The van der Waals surface area contributed by atoms with Crippen molar-refractivity contribution >= 4 is 6.03 Å². The van der Waals surface area contributed by atoms with E-state index in [1.807, 2.05) is 42.2 Å². The number of rotatable bonds is 7. The smallest absolute Gasteiger partial charge is 0.318 e. The Morgan fingerprint density at radius 3 is 2.44 bits per heavy atom. The molecule has 1 atom stereocenters. The normalized spacial score (nSPS) is 18.0. The molecule has 1 heterocycles. The highest BCUT2D eigenvalue weighted by molar-refractivity contribution is 5.74. The quantitative estimate of drug-likeness (QED) is 0.821. The molecule has 2 amide bonds. The average Bonchev–Trinajstić information content (AvgIpc) is 3.55. The van der Waals surface area contributed by atoms with Crippen LogP contribution < -0.4 is 5.32 Å². The number of nitrogens with zero attached hydrogens (tertiary/aromatic N) is 2. The Balaban J connectivity index is 1.39. The molecule has 5 nitrogen and oxygen atoms in total. The standard InChI is InChI=1S/C20H25N3O2/c1-14(19-21-11-18(25-19)17-5-3-2-4-6-17)22-20(24)23(12-15-7-8-15)13-16-9-10-16/h2-6,11,14-16H,7-10,12-13H2,1H3,(H,22,24). The third-order valence-corrected chi connectivity index (χ3v) is 4.93. The van der Waals surface area contributed by atoms with Crippen LogP contribution in [0.2, 0.25) is 0 Å². The second-order valence-corrected chi connectivity index (χ2v) is 7.39. The van der Waals surface area contributed by atoms with Crippen molar-refractivity contribution in [1.29, 1.82) is 0 Å². The lowest BCUT2D eigenvalue weighted by molar-refractivity contribution is 0.187. The van der Waals surface area contributed by atoms with E-state index >= 15 is 0 Å². The molecule has 2 aliphatic carbocycles. The number of urea groups is 1. The van der Waals surface area contributed by atoms with Gasteiger partial charge >= 0.3 is 6.03 Å². The van der Waals surface area contributed by atoms with Gasteiger partial charge in [0.05, 0.1) is 6.20 Å². The van der Waals surface area contributed by atoms with E-state index in [0.717, 1.165) is 24.4 Å². The summed E-state index contributed by atoms with van der Waals surface area (Å²) in [6.07, 6.45) is 6.74. The summed E-state index contributed by atoms with van der Waals surface area (Å²) in [6.45, 7) is 3.69. The molecule has 2 aromatic rings. The van der Waals surface area contributed by atoms with Crippen molar-refractivity contribution in [2.45, 2.75) is 38.6 Å². The lowest BCUT2D eigenvalue weighted by atomic mass is 10.2. The molecule has 2 saturated carbocycles. The molecule has 1 aromatic heterocycles. The molecule has 0 radical (unpaired) electrons. The molecule has 4 rings (SSSR count). The van der Waals surface area contributed by atoms with Gasteiger partial charge in [-0.3, -0.25) is 0 Å². The molecule has 0 bridgehead atoms. The van der Waals surface area contributed by atoms with E-state index in [2.05, 4.69) is 10.3 Å². The van der Waals surface area contributed by atoms with Crippen molar-refractivity contribution in [2.24, 2.45) is 11.8 Å². The van der Waals surface area contributed by atoms with Gasteiger partial charge in [0, 0.05) is 18.7 Å². The van der Waals surface area contributed by atoms with E-state index in [9.17, 15) is 4.79 Å². The van der Waals surface area contributed by atoms with Gasteiger partial charge in [0.1, 0.15) is 6.04 Å². The first kappa shape index (κ1) is 16.2. The molecule has 25 heavy (non-hydrogen) atoms. The third kappa shape index (κ3) is 4.21. The number of nitrogens with one attached hydrogen (secondary N) is 1. The maximum atomic E-state index is 12.7. The van der Waals surface area contributed by atoms with E-state index in [4.69, 9.17) is 4.42 Å². The summed E-state index contributed by atoms with van der Waals surface area (Å²) < 4.78 is 5.85. The predicted molar refractivity (Wildman–Crippen MR) is 95.9 cm³/mol. The molecular formula is C20H25N3O2. The second-order valence-electron chi connectivity index (χ2n) is 7.39. The molecule has 2 fully saturated rings. The summed E-state index contributed by atoms with van der Waals surface area (Å²) in [7, 11) is 0. The molecule has 132 valence electrons. The Hall–Kier alpha value is -2.30. The SMILES string of the molecule is CC(NC(=O)N(CC1CC1)CC1CC1)c1ncc(-c2ccccc2)o1. The van der Waals surface area contributed by atoms with Gasteiger partial charge in [-0.1, -0.05) is 30.3 Å². The van der Waals surface area contributed by atoms with Crippen molar-refractivity contribution in [2.75, 3.05) is 13.1 Å². The second kappa shape index (κ2) is 6.90. The fourth-order valence-electron chi connectivity index (χ4n) is 3.03. The number of hydrogen-bond acceptors (Lipinski definition) is 3. The number of amides is 2. The minimum atomic E-state index is -0.245. The van der Waals surface area contributed by atoms with E-state index in [-0.39, 0.29) is 12.1 Å². The fourth-order valence-corrected chi connectivity index (χ4v) is 3.03. The van der Waals surface area contributed by atoms with Crippen LogP contribution in [0.15, 0.2) is 40.9 Å². The third-order valence-electron chi connectivity index (χ3n) is 4.93. The highest BCUT2D eigenvalue weighted by atomic mass is 16.4. The average molecular weight is 339 g/mol. The number of benzene rings is 1. The van der Waals surface area contributed by atoms with E-state index in [0.29, 0.717) is 17.7 Å². The van der Waals surface area contributed by atoms with Crippen molar-refractivity contribution in [3.8, 4) is 11.3 Å². The van der Waals surface area contributed by atoms with Crippen LogP contribution in [0.1, 0.15) is 44.5 Å². The van der Waals surface area contributed by atoms with Gasteiger partial charge in [0.25, 0.3) is 0 Å². The monoisotopic (exact) mass is 339 g/mol. The van der Waals surface area contributed by atoms with Gasteiger partial charge in [-0.15, -0.1) is 0 Å². The topological polar surface area (TPSA) is 58.4 Å². The van der Waals surface area contributed by atoms with Gasteiger partial charge < -0.3 is 14.6 Å². The van der Waals surface area contributed by atoms with Crippen molar-refractivity contribution < 1.29 is 9.21 Å². The lowest BCUT2D eigenvalue weighted by Crippen LogP contribution is -2.43. The minimum Gasteiger partial charge on any atom is -0.438 e. The minimum absolute atomic E-state index is 0.00533. The first-order valence-corrected chi connectivity index (χ1v) is 9.25. The zero-order chi connectivity index (χ0) is 17.2.